The maximum atomic E-state index is 12.6. The molecule has 0 bridgehead atoms. The Hall–Kier alpha value is -2.70. The maximum absolute atomic E-state index is 12.6. The summed E-state index contributed by atoms with van der Waals surface area (Å²) < 4.78 is 0. The smallest absolute Gasteiger partial charge is 0.263 e. The van der Waals surface area contributed by atoms with Gasteiger partial charge in [0.2, 0.25) is 0 Å². The van der Waals surface area contributed by atoms with Crippen LogP contribution in [0.1, 0.15) is 23.5 Å². The Morgan fingerprint density at radius 3 is 2.59 bits per heavy atom. The van der Waals surface area contributed by atoms with Crippen LogP contribution in [0.15, 0.2) is 53.9 Å². The van der Waals surface area contributed by atoms with Crippen LogP contribution in [0.25, 0.3) is 31.9 Å². The molecule has 3 N–H and O–H groups in total. The number of rotatable bonds is 4. The third kappa shape index (κ3) is 3.34. The number of thiophene rings is 2. The van der Waals surface area contributed by atoms with Gasteiger partial charge in [-0.25, -0.2) is 4.98 Å². The zero-order valence-corrected chi connectivity index (χ0v) is 16.7. The van der Waals surface area contributed by atoms with Gasteiger partial charge in [0.15, 0.2) is 0 Å². The number of nitrogen functional groups attached to an aromatic ring is 1. The first-order valence-corrected chi connectivity index (χ1v) is 10.4. The average molecular weight is 394 g/mol. The Balaban J connectivity index is 1.96. The minimum Gasteiger partial charge on any atom is -0.397 e. The topological polar surface area (TPSA) is 68.0 Å². The molecular weight excluding hydrogens is 374 g/mol. The van der Waals surface area contributed by atoms with Gasteiger partial charge in [0, 0.05) is 27.4 Å². The number of carbonyl (C=O) groups excluding carboxylic acids is 1. The Labute approximate surface area is 165 Å². The molecule has 4 nitrogen and oxygen atoms in total. The number of nitrogens with zero attached hydrogens (tertiary/aromatic N) is 1. The quantitative estimate of drug-likeness (QED) is 0.487. The summed E-state index contributed by atoms with van der Waals surface area (Å²) in [7, 11) is 0. The predicted molar refractivity (Wildman–Crippen MR) is 115 cm³/mol. The lowest BCUT2D eigenvalue weighted by atomic mass is 10.0. The number of pyridine rings is 1. The van der Waals surface area contributed by atoms with Gasteiger partial charge in [0.05, 0.1) is 11.4 Å². The van der Waals surface area contributed by atoms with Crippen molar-refractivity contribution in [3.8, 4) is 21.7 Å². The second-order valence-electron chi connectivity index (χ2n) is 6.55. The lowest BCUT2D eigenvalue weighted by Crippen LogP contribution is -2.29. The van der Waals surface area contributed by atoms with E-state index in [9.17, 15) is 4.79 Å². The molecule has 0 aliphatic rings. The number of hydrogen-bond donors (Lipinski definition) is 2. The Bertz CT molecular complexity index is 1100. The molecule has 4 rings (SSSR count). The highest BCUT2D eigenvalue weighted by Crippen LogP contribution is 2.42. The summed E-state index contributed by atoms with van der Waals surface area (Å²) in [5.41, 5.74) is 9.87. The molecule has 6 heteroatoms. The number of nitrogens with two attached hydrogens (primary N) is 1. The number of carbonyl (C=O) groups is 1. The van der Waals surface area contributed by atoms with E-state index in [-0.39, 0.29) is 11.9 Å². The van der Waals surface area contributed by atoms with Gasteiger partial charge in [-0.2, -0.15) is 0 Å². The molecule has 0 radical (unpaired) electrons. The normalized spacial score (nSPS) is 11.2. The largest absolute Gasteiger partial charge is 0.397 e. The van der Waals surface area contributed by atoms with Crippen LogP contribution in [-0.4, -0.2) is 16.9 Å². The summed E-state index contributed by atoms with van der Waals surface area (Å²) in [5.74, 6) is -0.149. The van der Waals surface area contributed by atoms with Crippen molar-refractivity contribution in [2.75, 3.05) is 5.73 Å². The van der Waals surface area contributed by atoms with E-state index in [4.69, 9.17) is 10.7 Å². The summed E-state index contributed by atoms with van der Waals surface area (Å²) in [6, 6.07) is 16.3. The molecule has 0 saturated carbocycles. The summed E-state index contributed by atoms with van der Waals surface area (Å²) in [6.45, 7) is 3.87. The summed E-state index contributed by atoms with van der Waals surface area (Å²) >= 11 is 3.00. The van der Waals surface area contributed by atoms with E-state index in [1.165, 1.54) is 11.3 Å². The number of hydrogen-bond acceptors (Lipinski definition) is 5. The van der Waals surface area contributed by atoms with Crippen LogP contribution in [0.3, 0.4) is 0 Å². The third-order valence-electron chi connectivity index (χ3n) is 4.18. The lowest BCUT2D eigenvalue weighted by molar-refractivity contribution is 0.0948. The lowest BCUT2D eigenvalue weighted by Gasteiger charge is -2.08. The molecule has 0 aliphatic heterocycles. The van der Waals surface area contributed by atoms with Gasteiger partial charge in [-0.05, 0) is 31.4 Å². The molecule has 27 heavy (non-hydrogen) atoms. The van der Waals surface area contributed by atoms with Gasteiger partial charge < -0.3 is 11.1 Å². The first-order chi connectivity index (χ1) is 13.0. The Kier molecular flexibility index (Phi) is 4.68. The van der Waals surface area contributed by atoms with Crippen molar-refractivity contribution < 1.29 is 4.79 Å². The SMILES string of the molecule is CC(C)NC(=O)c1sc2nc(-c3ccccc3)cc(-c3cccs3)c2c1N. The number of anilines is 1. The van der Waals surface area contributed by atoms with Gasteiger partial charge in [-0.3, -0.25) is 4.79 Å². The fourth-order valence-electron chi connectivity index (χ4n) is 3.00. The van der Waals surface area contributed by atoms with Crippen LogP contribution < -0.4 is 11.1 Å². The monoisotopic (exact) mass is 393 g/mol. The highest BCUT2D eigenvalue weighted by atomic mass is 32.1. The molecule has 4 aromatic rings. The third-order valence-corrected chi connectivity index (χ3v) is 6.18. The molecule has 3 heterocycles. The van der Waals surface area contributed by atoms with Crippen molar-refractivity contribution in [1.82, 2.24) is 10.3 Å². The summed E-state index contributed by atoms with van der Waals surface area (Å²) in [6.07, 6.45) is 0. The van der Waals surface area contributed by atoms with Crippen LogP contribution in [-0.2, 0) is 0 Å². The van der Waals surface area contributed by atoms with Crippen LogP contribution in [0.2, 0.25) is 0 Å². The molecule has 1 aromatic carbocycles. The fourth-order valence-corrected chi connectivity index (χ4v) is 4.77. The number of amides is 1. The molecule has 0 unspecified atom stereocenters. The van der Waals surface area contributed by atoms with Crippen molar-refractivity contribution in [2.24, 2.45) is 0 Å². The van der Waals surface area contributed by atoms with E-state index in [0.29, 0.717) is 10.6 Å². The van der Waals surface area contributed by atoms with Crippen molar-refractivity contribution in [2.45, 2.75) is 19.9 Å². The Morgan fingerprint density at radius 1 is 1.15 bits per heavy atom. The molecule has 1 amide bonds. The van der Waals surface area contributed by atoms with Gasteiger partial charge in [-0.1, -0.05) is 36.4 Å². The highest BCUT2D eigenvalue weighted by molar-refractivity contribution is 7.21. The zero-order chi connectivity index (χ0) is 19.0. The standard InChI is InChI=1S/C21H19N3OS2/c1-12(2)23-20(25)19-18(22)17-14(16-9-6-10-26-16)11-15(24-21(17)27-19)13-7-4-3-5-8-13/h3-12H,22H2,1-2H3,(H,23,25). The number of benzene rings is 1. The second kappa shape index (κ2) is 7.13. The maximum Gasteiger partial charge on any atom is 0.263 e. The number of aromatic nitrogens is 1. The summed E-state index contributed by atoms with van der Waals surface area (Å²) in [4.78, 5) is 19.8. The molecule has 0 aliphatic carbocycles. The second-order valence-corrected chi connectivity index (χ2v) is 8.50. The molecule has 0 atom stereocenters. The van der Waals surface area contributed by atoms with E-state index in [0.717, 1.165) is 31.9 Å². The van der Waals surface area contributed by atoms with Crippen molar-refractivity contribution in [1.29, 1.82) is 0 Å². The molecule has 0 saturated heterocycles. The zero-order valence-electron chi connectivity index (χ0n) is 15.0. The van der Waals surface area contributed by atoms with E-state index < -0.39 is 0 Å². The van der Waals surface area contributed by atoms with E-state index in [2.05, 4.69) is 17.4 Å². The van der Waals surface area contributed by atoms with Crippen LogP contribution >= 0.6 is 22.7 Å². The fraction of sp³-hybridized carbons (Fsp3) is 0.143. The molecule has 136 valence electrons. The van der Waals surface area contributed by atoms with Gasteiger partial charge in [-0.15, -0.1) is 22.7 Å². The molecule has 0 spiro atoms. The van der Waals surface area contributed by atoms with Crippen LogP contribution in [0, 0.1) is 0 Å². The molecular formula is C21H19N3OS2. The number of nitrogens with one attached hydrogen (secondary N) is 1. The van der Waals surface area contributed by atoms with Gasteiger partial charge >= 0.3 is 0 Å². The van der Waals surface area contributed by atoms with E-state index >= 15 is 0 Å². The minimum atomic E-state index is -0.149. The average Bonchev–Trinajstić information content (AvgIpc) is 3.30. The predicted octanol–water partition coefficient (Wildman–Crippen LogP) is 5.41. The molecule has 3 aromatic heterocycles. The first kappa shape index (κ1) is 17.7. The van der Waals surface area contributed by atoms with Gasteiger partial charge in [0.25, 0.3) is 5.91 Å². The van der Waals surface area contributed by atoms with Gasteiger partial charge in [0.1, 0.15) is 9.71 Å². The first-order valence-electron chi connectivity index (χ1n) is 8.67. The Morgan fingerprint density at radius 2 is 1.93 bits per heavy atom. The van der Waals surface area contributed by atoms with Crippen LogP contribution in [0.4, 0.5) is 5.69 Å². The molecule has 0 fully saturated rings. The highest BCUT2D eigenvalue weighted by Gasteiger charge is 2.22. The number of fused-ring (bicyclic) bond motifs is 1. The van der Waals surface area contributed by atoms with E-state index in [1.54, 1.807) is 11.3 Å². The van der Waals surface area contributed by atoms with Crippen LogP contribution in [0.5, 0.6) is 0 Å². The van der Waals surface area contributed by atoms with Crippen molar-refractivity contribution in [3.63, 3.8) is 0 Å². The minimum absolute atomic E-state index is 0.0479. The van der Waals surface area contributed by atoms with Crippen molar-refractivity contribution in [3.05, 3.63) is 58.8 Å². The summed E-state index contributed by atoms with van der Waals surface area (Å²) in [5, 5.41) is 5.83. The van der Waals surface area contributed by atoms with E-state index in [1.807, 2.05) is 55.6 Å². The van der Waals surface area contributed by atoms with Crippen molar-refractivity contribution >= 4 is 44.5 Å².